The fourth-order valence-electron chi connectivity index (χ4n) is 1.38. The molecule has 0 aromatic carbocycles. The Morgan fingerprint density at radius 3 is 2.42 bits per heavy atom. The third-order valence-corrected chi connectivity index (χ3v) is 2.03. The molecule has 0 nitrogen and oxygen atoms in total. The first kappa shape index (κ1) is 11.2. The first-order valence-corrected chi connectivity index (χ1v) is 4.27. The maximum absolute atomic E-state index is 2.30. The zero-order chi connectivity index (χ0) is 8.27. The molecule has 0 heteroatoms. The van der Waals surface area contributed by atoms with Crippen molar-refractivity contribution in [1.82, 2.24) is 0 Å². The summed E-state index contributed by atoms with van der Waals surface area (Å²) >= 11 is 0. The molecular weight excluding hydrogens is 144 g/mol. The predicted molar refractivity (Wildman–Crippen MR) is 57.2 cm³/mol. The molecule has 12 heavy (non-hydrogen) atoms. The average molecular weight is 164 g/mol. The van der Waals surface area contributed by atoms with Crippen molar-refractivity contribution in [2.75, 3.05) is 0 Å². The van der Waals surface area contributed by atoms with Gasteiger partial charge in [-0.15, -0.1) is 0 Å². The molecule has 68 valence electrons. The lowest BCUT2D eigenvalue weighted by Crippen LogP contribution is -1.77. The molecule has 0 aromatic heterocycles. The summed E-state index contributed by atoms with van der Waals surface area (Å²) in [7, 11) is 0. The van der Waals surface area contributed by atoms with Gasteiger partial charge in [0.15, 0.2) is 0 Å². The van der Waals surface area contributed by atoms with Gasteiger partial charge >= 0.3 is 0 Å². The van der Waals surface area contributed by atoms with Gasteiger partial charge in [-0.3, -0.25) is 0 Å². The lowest BCUT2D eigenvalue weighted by Gasteiger charge is -1.97. The van der Waals surface area contributed by atoms with Crippen LogP contribution in [0.2, 0.25) is 0 Å². The molecule has 0 aliphatic heterocycles. The molecule has 0 saturated carbocycles. The molecule has 1 rings (SSSR count). The van der Waals surface area contributed by atoms with Gasteiger partial charge in [0.25, 0.3) is 0 Å². The van der Waals surface area contributed by atoms with Crippen LogP contribution in [0.25, 0.3) is 0 Å². The molecular formula is C12H20. The maximum Gasteiger partial charge on any atom is -0.0130 e. The number of allylic oxidation sites excluding steroid dienone is 6. The van der Waals surface area contributed by atoms with E-state index in [0.29, 0.717) is 0 Å². The monoisotopic (exact) mass is 164 g/mol. The Hall–Kier alpha value is -0.780. The van der Waals surface area contributed by atoms with Crippen molar-refractivity contribution in [3.05, 3.63) is 34.9 Å². The lowest BCUT2D eigenvalue weighted by molar-refractivity contribution is 1.03. The second-order valence-electron chi connectivity index (χ2n) is 3.20. The predicted octanol–water partition coefficient (Wildman–Crippen LogP) is 4.26. The highest BCUT2D eigenvalue weighted by Crippen LogP contribution is 2.17. The van der Waals surface area contributed by atoms with Crippen LogP contribution in [0.4, 0.5) is 0 Å². The van der Waals surface area contributed by atoms with Gasteiger partial charge in [-0.25, -0.2) is 0 Å². The van der Waals surface area contributed by atoms with Crippen LogP contribution in [0, 0.1) is 0 Å². The van der Waals surface area contributed by atoms with E-state index in [1.54, 1.807) is 0 Å². The second kappa shape index (κ2) is 4.97. The van der Waals surface area contributed by atoms with Crippen molar-refractivity contribution in [2.24, 2.45) is 0 Å². The highest BCUT2D eigenvalue weighted by atomic mass is 14.0. The maximum atomic E-state index is 2.30. The molecule has 0 radical (unpaired) electrons. The Balaban J connectivity index is 0.00000121. The lowest BCUT2D eigenvalue weighted by atomic mass is 10.1. The summed E-state index contributed by atoms with van der Waals surface area (Å²) in [6.45, 7) is 6.54. The van der Waals surface area contributed by atoms with Gasteiger partial charge in [-0.2, -0.15) is 0 Å². The molecule has 0 aromatic rings. The zero-order valence-electron chi connectivity index (χ0n) is 7.65. The van der Waals surface area contributed by atoms with Crippen LogP contribution in [0.1, 0.15) is 41.0 Å². The number of rotatable bonds is 1. The van der Waals surface area contributed by atoms with Crippen molar-refractivity contribution < 1.29 is 0 Å². The highest BCUT2D eigenvalue weighted by Gasteiger charge is 1.97. The smallest absolute Gasteiger partial charge is 0.0130 e. The number of hydrogen-bond donors (Lipinski definition) is 0. The topological polar surface area (TPSA) is 0 Å². The van der Waals surface area contributed by atoms with Gasteiger partial charge in [0.2, 0.25) is 0 Å². The van der Waals surface area contributed by atoms with Crippen LogP contribution in [0.3, 0.4) is 0 Å². The quantitative estimate of drug-likeness (QED) is 0.543. The van der Waals surface area contributed by atoms with Crippen molar-refractivity contribution in [3.8, 4) is 0 Å². The summed E-state index contributed by atoms with van der Waals surface area (Å²) in [5.74, 6) is 0. The van der Waals surface area contributed by atoms with Gasteiger partial charge in [-0.1, -0.05) is 49.3 Å². The molecule has 0 atom stereocenters. The van der Waals surface area contributed by atoms with Crippen LogP contribution in [0.15, 0.2) is 34.9 Å². The first-order valence-electron chi connectivity index (χ1n) is 4.27. The van der Waals surface area contributed by atoms with Crippen LogP contribution < -0.4 is 0 Å². The second-order valence-corrected chi connectivity index (χ2v) is 3.20. The van der Waals surface area contributed by atoms with E-state index in [1.807, 2.05) is 0 Å². The molecule has 0 saturated heterocycles. The van der Waals surface area contributed by atoms with Crippen LogP contribution in [0.5, 0.6) is 0 Å². The van der Waals surface area contributed by atoms with E-state index in [-0.39, 0.29) is 7.43 Å². The summed E-state index contributed by atoms with van der Waals surface area (Å²) in [5.41, 5.74) is 4.31. The van der Waals surface area contributed by atoms with E-state index in [0.717, 1.165) is 6.42 Å². The first-order chi connectivity index (χ1) is 5.22. The van der Waals surface area contributed by atoms with E-state index >= 15 is 0 Å². The third kappa shape index (κ3) is 3.08. The SMILES string of the molecule is C.CCC1=CC(C)=CC(C)=CC1. The molecule has 0 heterocycles. The minimum absolute atomic E-state index is 0. The summed E-state index contributed by atoms with van der Waals surface area (Å²) < 4.78 is 0. The minimum Gasteiger partial charge on any atom is -0.0776 e. The normalized spacial score (nSPS) is 16.8. The highest BCUT2D eigenvalue weighted by molar-refractivity contribution is 5.34. The largest absolute Gasteiger partial charge is 0.0776 e. The van der Waals surface area contributed by atoms with E-state index in [9.17, 15) is 0 Å². The molecule has 0 amide bonds. The van der Waals surface area contributed by atoms with Gasteiger partial charge in [-0.05, 0) is 26.7 Å². The van der Waals surface area contributed by atoms with Crippen molar-refractivity contribution >= 4 is 0 Å². The van der Waals surface area contributed by atoms with Crippen LogP contribution in [-0.4, -0.2) is 0 Å². The Labute approximate surface area is 76.7 Å². The molecule has 0 N–H and O–H groups in total. The minimum atomic E-state index is 0. The fraction of sp³-hybridized carbons (Fsp3) is 0.500. The molecule has 1 aliphatic rings. The van der Waals surface area contributed by atoms with Gasteiger partial charge in [0.1, 0.15) is 0 Å². The summed E-state index contributed by atoms with van der Waals surface area (Å²) in [6.07, 6.45) is 9.15. The summed E-state index contributed by atoms with van der Waals surface area (Å²) in [6, 6.07) is 0. The standard InChI is InChI=1S/C11H16.CH4/c1-4-11-6-5-9(2)7-10(3)8-11;/h5,7-8H,4,6H2,1-3H3;1H4. The van der Waals surface area contributed by atoms with Crippen molar-refractivity contribution in [2.45, 2.75) is 41.0 Å². The van der Waals surface area contributed by atoms with Gasteiger partial charge in [0, 0.05) is 0 Å². The van der Waals surface area contributed by atoms with E-state index in [2.05, 4.69) is 39.0 Å². The van der Waals surface area contributed by atoms with Gasteiger partial charge in [0.05, 0.1) is 0 Å². The van der Waals surface area contributed by atoms with Crippen molar-refractivity contribution in [1.29, 1.82) is 0 Å². The Morgan fingerprint density at radius 1 is 1.17 bits per heavy atom. The molecule has 0 unspecified atom stereocenters. The fourth-order valence-corrected chi connectivity index (χ4v) is 1.38. The number of hydrogen-bond acceptors (Lipinski definition) is 0. The van der Waals surface area contributed by atoms with Crippen molar-refractivity contribution in [3.63, 3.8) is 0 Å². The van der Waals surface area contributed by atoms with Crippen LogP contribution in [-0.2, 0) is 0 Å². The average Bonchev–Trinajstić information content (AvgIpc) is 2.11. The molecule has 0 fully saturated rings. The molecule has 1 aliphatic carbocycles. The Bertz CT molecular complexity index is 226. The zero-order valence-corrected chi connectivity index (χ0v) is 7.65. The Morgan fingerprint density at radius 2 is 1.83 bits per heavy atom. The van der Waals surface area contributed by atoms with E-state index in [1.165, 1.54) is 23.1 Å². The van der Waals surface area contributed by atoms with Crippen LogP contribution >= 0.6 is 0 Å². The molecule has 0 spiro atoms. The third-order valence-electron chi connectivity index (χ3n) is 2.03. The summed E-state index contributed by atoms with van der Waals surface area (Å²) in [5, 5.41) is 0. The van der Waals surface area contributed by atoms with Gasteiger partial charge < -0.3 is 0 Å². The van der Waals surface area contributed by atoms with E-state index in [4.69, 9.17) is 0 Å². The Kier molecular flexibility index (Phi) is 4.65. The van der Waals surface area contributed by atoms with E-state index < -0.39 is 0 Å². The molecule has 0 bridgehead atoms. The summed E-state index contributed by atoms with van der Waals surface area (Å²) in [4.78, 5) is 0.